The van der Waals surface area contributed by atoms with E-state index in [1.165, 1.54) is 12.1 Å². The third-order valence-corrected chi connectivity index (χ3v) is 1.22. The highest BCUT2D eigenvalue weighted by atomic mass is 19.3. The van der Waals surface area contributed by atoms with E-state index in [2.05, 4.69) is 4.74 Å². The topological polar surface area (TPSA) is 9.23 Å². The summed E-state index contributed by atoms with van der Waals surface area (Å²) in [6.45, 7) is 0. The molecule has 4 heteroatoms. The number of para-hydroxylation sites is 1. The van der Waals surface area contributed by atoms with Crippen molar-refractivity contribution < 1.29 is 17.9 Å². The maximum Gasteiger partial charge on any atom is 0.279 e. The highest BCUT2D eigenvalue weighted by Crippen LogP contribution is 2.14. The Hall–Kier alpha value is -1.45. The van der Waals surface area contributed by atoms with Crippen LogP contribution in [-0.2, 0) is 0 Å². The summed E-state index contributed by atoms with van der Waals surface area (Å²) in [6, 6.07) is 6.59. The Morgan fingerprint density at radius 3 is 2.38 bits per heavy atom. The lowest BCUT2D eigenvalue weighted by Gasteiger charge is -2.00. The minimum absolute atomic E-state index is 0.104. The van der Waals surface area contributed by atoms with Crippen molar-refractivity contribution in [3.63, 3.8) is 0 Å². The lowest BCUT2D eigenvalue weighted by molar-refractivity contribution is 0.188. The molecule has 1 aromatic rings. The zero-order chi connectivity index (χ0) is 9.68. The summed E-state index contributed by atoms with van der Waals surface area (Å²) in [7, 11) is 0. The predicted octanol–water partition coefficient (Wildman–Crippen LogP) is 3.14. The van der Waals surface area contributed by atoms with Gasteiger partial charge >= 0.3 is 0 Å². The van der Waals surface area contributed by atoms with E-state index in [1.807, 2.05) is 0 Å². The van der Waals surface area contributed by atoms with Crippen LogP contribution in [0.3, 0.4) is 0 Å². The molecule has 0 amide bonds. The van der Waals surface area contributed by atoms with Gasteiger partial charge < -0.3 is 4.74 Å². The predicted molar refractivity (Wildman–Crippen MR) is 42.3 cm³/mol. The fraction of sp³-hybridized carbons (Fsp3) is 0.111. The second-order valence-corrected chi connectivity index (χ2v) is 2.22. The van der Waals surface area contributed by atoms with Gasteiger partial charge in [0.15, 0.2) is 0 Å². The summed E-state index contributed by atoms with van der Waals surface area (Å²) in [6.07, 6.45) is -2.74. The molecule has 0 heterocycles. The monoisotopic (exact) mass is 188 g/mol. The quantitative estimate of drug-likeness (QED) is 0.662. The minimum Gasteiger partial charge on any atom is -0.432 e. The summed E-state index contributed by atoms with van der Waals surface area (Å²) in [4.78, 5) is 0. The molecule has 1 rings (SSSR count). The van der Waals surface area contributed by atoms with Gasteiger partial charge in [0.25, 0.3) is 12.4 Å². The number of ether oxygens (including phenoxy) is 1. The van der Waals surface area contributed by atoms with E-state index in [-0.39, 0.29) is 11.8 Å². The van der Waals surface area contributed by atoms with Gasteiger partial charge in [0, 0.05) is 0 Å². The third kappa shape index (κ3) is 3.64. The van der Waals surface area contributed by atoms with E-state index in [0.29, 0.717) is 0 Å². The lowest BCUT2D eigenvalue weighted by atomic mass is 10.3. The molecule has 13 heavy (non-hydrogen) atoms. The normalized spacial score (nSPS) is 11.8. The Bertz CT molecular complexity index is 282. The molecule has 0 aliphatic rings. The van der Waals surface area contributed by atoms with Crippen LogP contribution in [0.5, 0.6) is 5.75 Å². The summed E-state index contributed by atoms with van der Waals surface area (Å²) in [5.74, 6) is 0.192. The number of hydrogen-bond donors (Lipinski definition) is 0. The standard InChI is InChI=1S/C9H7F3O/c10-8(11)6-9(12)13-7-4-2-1-3-5-7/h1-6,8H. The van der Waals surface area contributed by atoms with Crippen molar-refractivity contribution in [1.29, 1.82) is 0 Å². The first-order valence-corrected chi connectivity index (χ1v) is 3.57. The van der Waals surface area contributed by atoms with Crippen molar-refractivity contribution in [2.45, 2.75) is 6.43 Å². The van der Waals surface area contributed by atoms with Crippen LogP contribution < -0.4 is 4.74 Å². The molecule has 0 radical (unpaired) electrons. The fourth-order valence-electron chi connectivity index (χ4n) is 0.734. The summed E-state index contributed by atoms with van der Waals surface area (Å²) in [5.41, 5.74) is 0. The number of benzene rings is 1. The van der Waals surface area contributed by atoms with Gasteiger partial charge in [-0.1, -0.05) is 18.2 Å². The van der Waals surface area contributed by atoms with Crippen molar-refractivity contribution in [3.05, 3.63) is 42.4 Å². The minimum atomic E-state index is -2.84. The summed E-state index contributed by atoms with van der Waals surface area (Å²) < 4.78 is 40.1. The zero-order valence-corrected chi connectivity index (χ0v) is 6.58. The van der Waals surface area contributed by atoms with Gasteiger partial charge in [0.2, 0.25) is 0 Å². The molecule has 0 atom stereocenters. The summed E-state index contributed by atoms with van der Waals surface area (Å²) in [5, 5.41) is 0. The number of halogens is 3. The Morgan fingerprint density at radius 1 is 1.23 bits per heavy atom. The van der Waals surface area contributed by atoms with E-state index in [1.54, 1.807) is 18.2 Å². The molecule has 0 unspecified atom stereocenters. The Labute approximate surface area is 73.4 Å². The van der Waals surface area contributed by atoms with Gasteiger partial charge in [-0.2, -0.15) is 4.39 Å². The first kappa shape index (κ1) is 9.64. The molecule has 0 N–H and O–H groups in total. The molecular weight excluding hydrogens is 181 g/mol. The van der Waals surface area contributed by atoms with Crippen LogP contribution in [-0.4, -0.2) is 6.43 Å². The van der Waals surface area contributed by atoms with Crippen LogP contribution in [0.25, 0.3) is 0 Å². The average Bonchev–Trinajstić information content (AvgIpc) is 2.04. The largest absolute Gasteiger partial charge is 0.432 e. The second kappa shape index (κ2) is 4.54. The molecule has 0 saturated heterocycles. The van der Waals surface area contributed by atoms with Crippen molar-refractivity contribution in [1.82, 2.24) is 0 Å². The van der Waals surface area contributed by atoms with Crippen LogP contribution in [0.1, 0.15) is 0 Å². The third-order valence-electron chi connectivity index (χ3n) is 1.22. The van der Waals surface area contributed by atoms with Crippen LogP contribution in [0.2, 0.25) is 0 Å². The van der Waals surface area contributed by atoms with Gasteiger partial charge in [-0.15, -0.1) is 0 Å². The second-order valence-electron chi connectivity index (χ2n) is 2.22. The van der Waals surface area contributed by atoms with Gasteiger partial charge in [-0.05, 0) is 12.1 Å². The molecule has 1 nitrogen and oxygen atoms in total. The Kier molecular flexibility index (Phi) is 3.37. The lowest BCUT2D eigenvalue weighted by Crippen LogP contribution is -1.92. The Balaban J connectivity index is 2.60. The maximum absolute atomic E-state index is 12.5. The molecule has 0 aromatic heterocycles. The fourth-order valence-corrected chi connectivity index (χ4v) is 0.734. The van der Waals surface area contributed by atoms with Crippen molar-refractivity contribution >= 4 is 0 Å². The van der Waals surface area contributed by atoms with Crippen LogP contribution in [0.15, 0.2) is 42.4 Å². The average molecular weight is 188 g/mol. The van der Waals surface area contributed by atoms with E-state index in [0.717, 1.165) is 0 Å². The smallest absolute Gasteiger partial charge is 0.279 e. The SMILES string of the molecule is FC(=CC(F)F)Oc1ccccc1. The van der Waals surface area contributed by atoms with Crippen molar-refractivity contribution in [2.24, 2.45) is 0 Å². The van der Waals surface area contributed by atoms with E-state index >= 15 is 0 Å². The number of alkyl halides is 2. The molecule has 0 saturated carbocycles. The molecule has 0 bridgehead atoms. The number of hydrogen-bond acceptors (Lipinski definition) is 1. The highest BCUT2D eigenvalue weighted by molar-refractivity contribution is 5.22. The first-order valence-electron chi connectivity index (χ1n) is 3.57. The first-order chi connectivity index (χ1) is 6.18. The van der Waals surface area contributed by atoms with Gasteiger partial charge in [-0.3, -0.25) is 0 Å². The van der Waals surface area contributed by atoms with E-state index in [4.69, 9.17) is 0 Å². The molecular formula is C9H7F3O. The molecule has 0 spiro atoms. The van der Waals surface area contributed by atoms with Crippen molar-refractivity contribution in [2.75, 3.05) is 0 Å². The van der Waals surface area contributed by atoms with Crippen LogP contribution in [0, 0.1) is 0 Å². The maximum atomic E-state index is 12.5. The number of allylic oxidation sites excluding steroid dienone is 1. The van der Waals surface area contributed by atoms with Crippen molar-refractivity contribution in [3.8, 4) is 5.75 Å². The molecule has 0 fully saturated rings. The van der Waals surface area contributed by atoms with E-state index < -0.39 is 12.4 Å². The molecule has 70 valence electrons. The molecule has 0 aliphatic carbocycles. The van der Waals surface area contributed by atoms with Gasteiger partial charge in [0.05, 0.1) is 6.08 Å². The van der Waals surface area contributed by atoms with E-state index in [9.17, 15) is 13.2 Å². The highest BCUT2D eigenvalue weighted by Gasteiger charge is 2.03. The zero-order valence-electron chi connectivity index (χ0n) is 6.58. The number of rotatable bonds is 3. The van der Waals surface area contributed by atoms with Crippen LogP contribution in [0.4, 0.5) is 13.2 Å². The van der Waals surface area contributed by atoms with Crippen LogP contribution >= 0.6 is 0 Å². The van der Waals surface area contributed by atoms with Gasteiger partial charge in [0.1, 0.15) is 5.75 Å². The molecule has 0 aliphatic heterocycles. The Morgan fingerprint density at radius 2 is 1.85 bits per heavy atom. The van der Waals surface area contributed by atoms with Gasteiger partial charge in [-0.25, -0.2) is 8.78 Å². The molecule has 1 aromatic carbocycles. The summed E-state index contributed by atoms with van der Waals surface area (Å²) >= 11 is 0.